The molecule has 4 rings (SSSR count). The SMILES string of the molecule is CC(CNC(=O)c1cccc(-n2cccc2)c1)N(C)C(=O)Cc1cnc(C2CC2)[nH]1. The Kier molecular flexibility index (Phi) is 5.70. The van der Waals surface area contributed by atoms with Crippen molar-refractivity contribution < 1.29 is 9.59 Å². The number of hydrogen-bond acceptors (Lipinski definition) is 3. The molecular weight excluding hydrogens is 378 g/mol. The maximum Gasteiger partial charge on any atom is 0.251 e. The molecule has 2 amide bonds. The van der Waals surface area contributed by atoms with E-state index in [2.05, 4.69) is 15.3 Å². The summed E-state index contributed by atoms with van der Waals surface area (Å²) in [4.78, 5) is 34.5. The predicted molar refractivity (Wildman–Crippen MR) is 115 cm³/mol. The van der Waals surface area contributed by atoms with Crippen LogP contribution in [-0.4, -0.2) is 50.9 Å². The van der Waals surface area contributed by atoms with Crippen LogP contribution in [0.1, 0.15) is 47.6 Å². The molecule has 7 nitrogen and oxygen atoms in total. The van der Waals surface area contributed by atoms with Crippen molar-refractivity contribution >= 4 is 11.8 Å². The number of carbonyl (C=O) groups excluding carboxylic acids is 2. The predicted octanol–water partition coefficient (Wildman–Crippen LogP) is 2.90. The van der Waals surface area contributed by atoms with Gasteiger partial charge in [-0.25, -0.2) is 4.98 Å². The Morgan fingerprint density at radius 1 is 1.27 bits per heavy atom. The third kappa shape index (κ3) is 4.62. The molecule has 0 bridgehead atoms. The first-order chi connectivity index (χ1) is 14.5. The number of nitrogens with one attached hydrogen (secondary N) is 2. The first-order valence-electron chi connectivity index (χ1n) is 10.3. The molecule has 0 spiro atoms. The highest BCUT2D eigenvalue weighted by Crippen LogP contribution is 2.38. The van der Waals surface area contributed by atoms with Crippen LogP contribution >= 0.6 is 0 Å². The number of amides is 2. The highest BCUT2D eigenvalue weighted by Gasteiger charge is 2.27. The summed E-state index contributed by atoms with van der Waals surface area (Å²) in [5, 5.41) is 2.94. The average molecular weight is 406 g/mol. The topological polar surface area (TPSA) is 83.0 Å². The number of carbonyl (C=O) groups is 2. The number of hydrogen-bond donors (Lipinski definition) is 2. The van der Waals surface area contributed by atoms with Crippen molar-refractivity contribution in [2.24, 2.45) is 0 Å². The van der Waals surface area contributed by atoms with E-state index in [0.717, 1.165) is 17.2 Å². The molecule has 1 atom stereocenters. The number of aromatic amines is 1. The van der Waals surface area contributed by atoms with Crippen molar-refractivity contribution in [3.63, 3.8) is 0 Å². The first kappa shape index (κ1) is 19.9. The number of H-pyrrole nitrogens is 1. The van der Waals surface area contributed by atoms with E-state index in [4.69, 9.17) is 0 Å². The molecule has 7 heteroatoms. The summed E-state index contributed by atoms with van der Waals surface area (Å²) in [7, 11) is 1.77. The molecule has 1 unspecified atom stereocenters. The van der Waals surface area contributed by atoms with Gasteiger partial charge in [-0.1, -0.05) is 6.07 Å². The Balaban J connectivity index is 1.29. The smallest absolute Gasteiger partial charge is 0.251 e. The molecule has 3 aromatic rings. The van der Waals surface area contributed by atoms with Crippen LogP contribution in [0.2, 0.25) is 0 Å². The maximum absolute atomic E-state index is 12.6. The fourth-order valence-electron chi connectivity index (χ4n) is 3.36. The molecule has 30 heavy (non-hydrogen) atoms. The van der Waals surface area contributed by atoms with Crippen molar-refractivity contribution in [3.8, 4) is 5.69 Å². The Bertz CT molecular complexity index is 1020. The second kappa shape index (κ2) is 8.57. The van der Waals surface area contributed by atoms with Crippen LogP contribution in [0.4, 0.5) is 0 Å². The van der Waals surface area contributed by atoms with Crippen molar-refractivity contribution in [2.75, 3.05) is 13.6 Å². The van der Waals surface area contributed by atoms with E-state index in [9.17, 15) is 9.59 Å². The highest BCUT2D eigenvalue weighted by atomic mass is 16.2. The fraction of sp³-hybridized carbons (Fsp3) is 0.348. The lowest BCUT2D eigenvalue weighted by molar-refractivity contribution is -0.130. The van der Waals surface area contributed by atoms with Gasteiger partial charge in [-0.2, -0.15) is 0 Å². The molecule has 1 aromatic carbocycles. The van der Waals surface area contributed by atoms with Gasteiger partial charge < -0.3 is 19.8 Å². The number of benzene rings is 1. The van der Waals surface area contributed by atoms with Crippen LogP contribution < -0.4 is 5.32 Å². The van der Waals surface area contributed by atoms with Gasteiger partial charge in [-0.05, 0) is 50.1 Å². The maximum atomic E-state index is 12.6. The quantitative estimate of drug-likeness (QED) is 0.604. The zero-order chi connectivity index (χ0) is 21.1. The lowest BCUT2D eigenvalue weighted by atomic mass is 10.1. The largest absolute Gasteiger partial charge is 0.350 e. The Labute approximate surface area is 176 Å². The lowest BCUT2D eigenvalue weighted by Gasteiger charge is -2.25. The Morgan fingerprint density at radius 2 is 2.03 bits per heavy atom. The molecule has 0 saturated heterocycles. The summed E-state index contributed by atoms with van der Waals surface area (Å²) in [6.45, 7) is 2.31. The van der Waals surface area contributed by atoms with Crippen molar-refractivity contribution in [3.05, 3.63) is 72.1 Å². The van der Waals surface area contributed by atoms with E-state index in [1.165, 1.54) is 12.8 Å². The van der Waals surface area contributed by atoms with E-state index in [-0.39, 0.29) is 24.3 Å². The van der Waals surface area contributed by atoms with Gasteiger partial charge in [0.15, 0.2) is 0 Å². The Hall–Kier alpha value is -3.35. The molecule has 0 radical (unpaired) electrons. The van der Waals surface area contributed by atoms with E-state index in [1.54, 1.807) is 24.2 Å². The number of likely N-dealkylation sites (N-methyl/N-ethyl adjacent to an activating group) is 1. The highest BCUT2D eigenvalue weighted by molar-refractivity contribution is 5.94. The van der Waals surface area contributed by atoms with Gasteiger partial charge in [-0.15, -0.1) is 0 Å². The van der Waals surface area contributed by atoms with Gasteiger partial charge in [-0.3, -0.25) is 9.59 Å². The van der Waals surface area contributed by atoms with Gasteiger partial charge in [0.25, 0.3) is 5.91 Å². The molecular formula is C23H27N5O2. The molecule has 156 valence electrons. The second-order valence-electron chi connectivity index (χ2n) is 7.95. The minimum absolute atomic E-state index is 0.00245. The van der Waals surface area contributed by atoms with Crippen LogP contribution in [0.25, 0.3) is 5.69 Å². The van der Waals surface area contributed by atoms with Gasteiger partial charge in [0, 0.05) is 61.1 Å². The minimum atomic E-state index is -0.153. The third-order valence-corrected chi connectivity index (χ3v) is 5.58. The van der Waals surface area contributed by atoms with Crippen LogP contribution in [0.15, 0.2) is 55.0 Å². The number of rotatable bonds is 8. The monoisotopic (exact) mass is 405 g/mol. The van der Waals surface area contributed by atoms with Gasteiger partial charge in [0.2, 0.25) is 5.91 Å². The third-order valence-electron chi connectivity index (χ3n) is 5.58. The number of aromatic nitrogens is 3. The molecule has 2 aromatic heterocycles. The lowest BCUT2D eigenvalue weighted by Crippen LogP contribution is -2.43. The van der Waals surface area contributed by atoms with E-state index >= 15 is 0 Å². The molecule has 1 saturated carbocycles. The second-order valence-corrected chi connectivity index (χ2v) is 7.95. The van der Waals surface area contributed by atoms with Gasteiger partial charge >= 0.3 is 0 Å². The van der Waals surface area contributed by atoms with Crippen molar-refractivity contribution in [1.29, 1.82) is 0 Å². The fourth-order valence-corrected chi connectivity index (χ4v) is 3.36. The van der Waals surface area contributed by atoms with Crippen LogP contribution in [-0.2, 0) is 11.2 Å². The summed E-state index contributed by atoms with van der Waals surface area (Å²) in [5.74, 6) is 1.37. The number of imidazole rings is 1. The summed E-state index contributed by atoms with van der Waals surface area (Å²) in [6, 6.07) is 11.2. The van der Waals surface area contributed by atoms with Gasteiger partial charge in [0.1, 0.15) is 5.82 Å². The summed E-state index contributed by atoms with van der Waals surface area (Å²) >= 11 is 0. The summed E-state index contributed by atoms with van der Waals surface area (Å²) in [6.07, 6.45) is 8.26. The van der Waals surface area contributed by atoms with Crippen LogP contribution in [0, 0.1) is 0 Å². The molecule has 1 fully saturated rings. The molecule has 1 aliphatic carbocycles. The van der Waals surface area contributed by atoms with Crippen LogP contribution in [0.3, 0.4) is 0 Å². The Morgan fingerprint density at radius 3 is 2.77 bits per heavy atom. The van der Waals surface area contributed by atoms with Crippen LogP contribution in [0.5, 0.6) is 0 Å². The molecule has 0 aliphatic heterocycles. The van der Waals surface area contributed by atoms with E-state index in [1.807, 2.05) is 54.2 Å². The first-order valence-corrected chi connectivity index (χ1v) is 10.3. The summed E-state index contributed by atoms with van der Waals surface area (Å²) in [5.41, 5.74) is 2.36. The molecule has 2 N–H and O–H groups in total. The van der Waals surface area contributed by atoms with Gasteiger partial charge in [0.05, 0.1) is 6.42 Å². The standard InChI is InChI=1S/C23H27N5O2/c1-16(27(2)21(29)13-19-15-24-22(26-19)17-8-9-17)14-25-23(30)18-6-5-7-20(12-18)28-10-3-4-11-28/h3-7,10-12,15-17H,8-9,13-14H2,1-2H3,(H,24,26)(H,25,30). The minimum Gasteiger partial charge on any atom is -0.350 e. The normalized spacial score (nSPS) is 14.3. The van der Waals surface area contributed by atoms with Crippen molar-refractivity contribution in [1.82, 2.24) is 24.8 Å². The summed E-state index contributed by atoms with van der Waals surface area (Å²) < 4.78 is 1.95. The van der Waals surface area contributed by atoms with Crippen molar-refractivity contribution in [2.45, 2.75) is 38.1 Å². The molecule has 1 aliphatic rings. The van der Waals surface area contributed by atoms with E-state index < -0.39 is 0 Å². The molecule has 2 heterocycles. The number of nitrogens with zero attached hydrogens (tertiary/aromatic N) is 3. The average Bonchev–Trinajstić information content (AvgIpc) is 3.26. The zero-order valence-corrected chi connectivity index (χ0v) is 17.3. The van der Waals surface area contributed by atoms with E-state index in [0.29, 0.717) is 18.0 Å². The zero-order valence-electron chi connectivity index (χ0n) is 17.3.